The summed E-state index contributed by atoms with van der Waals surface area (Å²) in [6, 6.07) is 65.5. The lowest BCUT2D eigenvalue weighted by Crippen LogP contribution is -2.10. The molecule has 0 saturated carbocycles. The molecule has 0 amide bonds. The molecule has 0 aliphatic carbocycles. The van der Waals surface area contributed by atoms with Crippen LogP contribution in [-0.4, -0.2) is 4.57 Å². The summed E-state index contributed by atoms with van der Waals surface area (Å²) in [7, 11) is 0. The zero-order valence-corrected chi connectivity index (χ0v) is 27.6. The Bertz CT molecular complexity index is 3150. The largest absolute Gasteiger partial charge is 0.454 e. The lowest BCUT2D eigenvalue weighted by atomic mass is 9.98. The molecule has 0 aliphatic rings. The van der Waals surface area contributed by atoms with Crippen LogP contribution >= 0.6 is 0 Å². The first-order valence-corrected chi connectivity index (χ1v) is 17.4. The Morgan fingerprint density at radius 2 is 1.00 bits per heavy atom. The fourth-order valence-electron chi connectivity index (χ4n) is 8.23. The molecular formula is C48H30N2O. The van der Waals surface area contributed by atoms with Crippen LogP contribution in [0.15, 0.2) is 186 Å². The van der Waals surface area contributed by atoms with Crippen molar-refractivity contribution in [2.45, 2.75) is 0 Å². The van der Waals surface area contributed by atoms with Gasteiger partial charge in [-0.3, -0.25) is 0 Å². The molecular weight excluding hydrogens is 621 g/mol. The molecule has 0 spiro atoms. The Morgan fingerprint density at radius 1 is 0.392 bits per heavy atom. The average Bonchev–Trinajstić information content (AvgIpc) is 3.75. The summed E-state index contributed by atoms with van der Waals surface area (Å²) in [5, 5.41) is 11.9. The molecule has 3 heteroatoms. The number of aromatic nitrogens is 1. The Kier molecular flexibility index (Phi) is 5.96. The molecule has 0 aliphatic heterocycles. The summed E-state index contributed by atoms with van der Waals surface area (Å²) in [5.74, 6) is 0. The lowest BCUT2D eigenvalue weighted by molar-refractivity contribution is 0.669. The minimum atomic E-state index is 0.872. The molecule has 0 bridgehead atoms. The molecule has 0 N–H and O–H groups in total. The van der Waals surface area contributed by atoms with Gasteiger partial charge in [-0.25, -0.2) is 0 Å². The summed E-state index contributed by atoms with van der Waals surface area (Å²) in [6.07, 6.45) is 0. The zero-order chi connectivity index (χ0) is 33.5. The standard InChI is InChI=1S/C48H30N2O/c1-2-16-35(17-3-1)50-42-21-11-10-20-40(42)41-26-25-37(30-43(41)50)49(36-24-22-31-12-4-5-14-33(31)28-36)44-29-34-15-7-9-19-39(34)47-46-38-18-8-6-13-32(38)23-27-45(46)51-48(44)47/h1-30H. The van der Waals surface area contributed by atoms with Crippen molar-refractivity contribution in [3.63, 3.8) is 0 Å². The highest BCUT2D eigenvalue weighted by molar-refractivity contribution is 6.29. The summed E-state index contributed by atoms with van der Waals surface area (Å²) in [5.41, 5.74) is 8.35. The normalized spacial score (nSPS) is 11.9. The third-order valence-corrected chi connectivity index (χ3v) is 10.5. The molecule has 0 radical (unpaired) electrons. The minimum Gasteiger partial charge on any atom is -0.454 e. The second-order valence-electron chi connectivity index (χ2n) is 13.3. The van der Waals surface area contributed by atoms with Crippen molar-refractivity contribution < 1.29 is 4.42 Å². The first-order valence-electron chi connectivity index (χ1n) is 17.4. The van der Waals surface area contributed by atoms with Gasteiger partial charge in [0.15, 0.2) is 5.58 Å². The quantitative estimate of drug-likeness (QED) is 0.189. The van der Waals surface area contributed by atoms with E-state index in [0.29, 0.717) is 0 Å². The van der Waals surface area contributed by atoms with Gasteiger partial charge >= 0.3 is 0 Å². The Labute approximate surface area is 293 Å². The van der Waals surface area contributed by atoms with Crippen LogP contribution in [0, 0.1) is 0 Å². The van der Waals surface area contributed by atoms with Gasteiger partial charge in [0.2, 0.25) is 0 Å². The van der Waals surface area contributed by atoms with Crippen LogP contribution in [0.5, 0.6) is 0 Å². The number of hydrogen-bond donors (Lipinski definition) is 0. The van der Waals surface area contributed by atoms with Crippen molar-refractivity contribution in [1.29, 1.82) is 0 Å². The van der Waals surface area contributed by atoms with Gasteiger partial charge in [-0.05, 0) is 86.9 Å². The lowest BCUT2D eigenvalue weighted by Gasteiger charge is -2.27. The van der Waals surface area contributed by atoms with Crippen LogP contribution in [-0.2, 0) is 0 Å². The van der Waals surface area contributed by atoms with Crippen molar-refractivity contribution in [3.8, 4) is 5.69 Å². The maximum atomic E-state index is 6.99. The van der Waals surface area contributed by atoms with Crippen molar-refractivity contribution in [3.05, 3.63) is 182 Å². The van der Waals surface area contributed by atoms with E-state index < -0.39 is 0 Å². The van der Waals surface area contributed by atoms with E-state index in [1.54, 1.807) is 0 Å². The Hall–Kier alpha value is -6.84. The summed E-state index contributed by atoms with van der Waals surface area (Å²) < 4.78 is 9.38. The molecule has 0 atom stereocenters. The third-order valence-electron chi connectivity index (χ3n) is 10.5. The van der Waals surface area contributed by atoms with Gasteiger partial charge in [-0.15, -0.1) is 0 Å². The molecule has 9 aromatic carbocycles. The van der Waals surface area contributed by atoms with Gasteiger partial charge in [0.05, 0.1) is 16.7 Å². The van der Waals surface area contributed by atoms with E-state index in [1.807, 2.05) is 0 Å². The zero-order valence-electron chi connectivity index (χ0n) is 27.6. The van der Waals surface area contributed by atoms with Gasteiger partial charge < -0.3 is 13.9 Å². The smallest absolute Gasteiger partial charge is 0.160 e. The fourth-order valence-corrected chi connectivity index (χ4v) is 8.23. The molecule has 0 fully saturated rings. The molecule has 2 aromatic heterocycles. The van der Waals surface area contributed by atoms with Crippen molar-refractivity contribution in [2.75, 3.05) is 4.90 Å². The summed E-state index contributed by atoms with van der Waals surface area (Å²) >= 11 is 0. The summed E-state index contributed by atoms with van der Waals surface area (Å²) in [6.45, 7) is 0. The van der Waals surface area contributed by atoms with E-state index in [1.165, 1.54) is 48.6 Å². The number of benzene rings is 9. The molecule has 11 rings (SSSR count). The molecule has 51 heavy (non-hydrogen) atoms. The maximum absolute atomic E-state index is 6.99. The average molecular weight is 651 g/mol. The number of para-hydroxylation sites is 2. The number of anilines is 3. The molecule has 238 valence electrons. The number of rotatable bonds is 4. The minimum absolute atomic E-state index is 0.872. The van der Waals surface area contributed by atoms with Crippen LogP contribution < -0.4 is 4.90 Å². The second kappa shape index (κ2) is 10.8. The van der Waals surface area contributed by atoms with Crippen LogP contribution in [0.1, 0.15) is 0 Å². The van der Waals surface area contributed by atoms with E-state index in [9.17, 15) is 0 Å². The Morgan fingerprint density at radius 3 is 1.84 bits per heavy atom. The topological polar surface area (TPSA) is 21.3 Å². The third kappa shape index (κ3) is 4.19. The summed E-state index contributed by atoms with van der Waals surface area (Å²) in [4.78, 5) is 2.39. The van der Waals surface area contributed by atoms with Crippen LogP contribution in [0.3, 0.4) is 0 Å². The highest BCUT2D eigenvalue weighted by Crippen LogP contribution is 2.48. The fraction of sp³-hybridized carbons (Fsp3) is 0. The van der Waals surface area contributed by atoms with E-state index in [-0.39, 0.29) is 0 Å². The van der Waals surface area contributed by atoms with Gasteiger partial charge in [-0.1, -0.05) is 127 Å². The van der Waals surface area contributed by atoms with E-state index in [0.717, 1.165) is 50.2 Å². The molecule has 2 heterocycles. The van der Waals surface area contributed by atoms with Gasteiger partial charge in [0, 0.05) is 38.6 Å². The molecule has 0 saturated heterocycles. The predicted molar refractivity (Wildman–Crippen MR) is 215 cm³/mol. The molecule has 3 nitrogen and oxygen atoms in total. The van der Waals surface area contributed by atoms with Gasteiger partial charge in [-0.2, -0.15) is 0 Å². The van der Waals surface area contributed by atoms with E-state index in [2.05, 4.69) is 191 Å². The van der Waals surface area contributed by atoms with E-state index in [4.69, 9.17) is 4.42 Å². The Balaban J connectivity index is 1.27. The predicted octanol–water partition coefficient (Wildman–Crippen LogP) is 13.6. The number of hydrogen-bond acceptors (Lipinski definition) is 2. The second-order valence-corrected chi connectivity index (χ2v) is 13.3. The highest BCUT2D eigenvalue weighted by atomic mass is 16.3. The maximum Gasteiger partial charge on any atom is 0.160 e. The van der Waals surface area contributed by atoms with Crippen molar-refractivity contribution in [1.82, 2.24) is 4.57 Å². The first kappa shape index (κ1) is 28.0. The SMILES string of the molecule is c1ccc(-n2c3ccccc3c3ccc(N(c4ccc5ccccc5c4)c4cc5ccccc5c5c4oc4ccc6ccccc6c45)cc32)cc1. The van der Waals surface area contributed by atoms with Crippen LogP contribution in [0.25, 0.3) is 81.7 Å². The van der Waals surface area contributed by atoms with Gasteiger partial charge in [0.1, 0.15) is 5.58 Å². The van der Waals surface area contributed by atoms with Crippen molar-refractivity contribution in [2.24, 2.45) is 0 Å². The van der Waals surface area contributed by atoms with Crippen LogP contribution in [0.2, 0.25) is 0 Å². The number of nitrogens with zero attached hydrogens (tertiary/aromatic N) is 2. The molecule has 11 aromatic rings. The van der Waals surface area contributed by atoms with Gasteiger partial charge in [0.25, 0.3) is 0 Å². The first-order chi connectivity index (χ1) is 25.3. The number of fused-ring (bicyclic) bond motifs is 11. The van der Waals surface area contributed by atoms with E-state index >= 15 is 0 Å². The number of furan rings is 1. The monoisotopic (exact) mass is 650 g/mol. The highest BCUT2D eigenvalue weighted by Gasteiger charge is 2.24. The van der Waals surface area contributed by atoms with Crippen molar-refractivity contribution >= 4 is 93.1 Å². The van der Waals surface area contributed by atoms with Crippen LogP contribution in [0.4, 0.5) is 17.1 Å². The molecule has 0 unspecified atom stereocenters.